The molecule has 31 heavy (non-hydrogen) atoms. The molecule has 0 saturated carbocycles. The summed E-state index contributed by atoms with van der Waals surface area (Å²) in [6.07, 6.45) is 3.42. The highest BCUT2D eigenvalue weighted by atomic mass is 16.5. The quantitative estimate of drug-likeness (QED) is 0.509. The highest BCUT2D eigenvalue weighted by Crippen LogP contribution is 2.34. The standard InChI is InChI=1S/C23H18N4O4/c1-13(23(30)31-3)26-21(28)14(2)27-12-18-16(6-4-7-17(18)22(27)29)15-10-20-19(25-11-15)8-5-9-24-20/h4-11H,1-2,12H2,3H3,(H,26,28). The van der Waals surface area contributed by atoms with Crippen molar-refractivity contribution in [3.8, 4) is 11.1 Å². The Morgan fingerprint density at radius 3 is 2.65 bits per heavy atom. The topological polar surface area (TPSA) is 101 Å². The van der Waals surface area contributed by atoms with Crippen molar-refractivity contribution in [1.29, 1.82) is 0 Å². The summed E-state index contributed by atoms with van der Waals surface area (Å²) in [6, 6.07) is 11.0. The predicted octanol–water partition coefficient (Wildman–Crippen LogP) is 2.57. The van der Waals surface area contributed by atoms with Gasteiger partial charge in [-0.05, 0) is 35.4 Å². The molecule has 0 atom stereocenters. The number of ether oxygens (including phenoxy) is 1. The molecule has 0 spiro atoms. The third-order valence-electron chi connectivity index (χ3n) is 5.01. The monoisotopic (exact) mass is 414 g/mol. The molecule has 1 aromatic carbocycles. The maximum absolute atomic E-state index is 13.0. The van der Waals surface area contributed by atoms with Crippen LogP contribution in [-0.4, -0.2) is 39.8 Å². The Labute approximate surface area is 177 Å². The van der Waals surface area contributed by atoms with E-state index < -0.39 is 11.9 Å². The Bertz CT molecular complexity index is 1280. The number of methoxy groups -OCH3 is 1. The zero-order chi connectivity index (χ0) is 22.1. The van der Waals surface area contributed by atoms with Crippen molar-refractivity contribution in [2.24, 2.45) is 0 Å². The van der Waals surface area contributed by atoms with Gasteiger partial charge in [-0.15, -0.1) is 0 Å². The van der Waals surface area contributed by atoms with Gasteiger partial charge in [0, 0.05) is 23.5 Å². The number of amides is 2. The molecule has 4 rings (SSSR count). The van der Waals surface area contributed by atoms with E-state index in [9.17, 15) is 14.4 Å². The van der Waals surface area contributed by atoms with Crippen LogP contribution in [0.25, 0.3) is 22.2 Å². The Balaban J connectivity index is 1.63. The fourth-order valence-electron chi connectivity index (χ4n) is 3.43. The van der Waals surface area contributed by atoms with Crippen LogP contribution in [0.5, 0.6) is 0 Å². The first-order valence-electron chi connectivity index (χ1n) is 9.33. The summed E-state index contributed by atoms with van der Waals surface area (Å²) in [6.45, 7) is 7.33. The molecule has 3 heterocycles. The number of carbonyl (C=O) groups excluding carboxylic acids is 3. The molecule has 154 valence electrons. The van der Waals surface area contributed by atoms with Crippen LogP contribution < -0.4 is 5.32 Å². The van der Waals surface area contributed by atoms with Gasteiger partial charge in [0.2, 0.25) is 0 Å². The molecular formula is C23H18N4O4. The summed E-state index contributed by atoms with van der Waals surface area (Å²) in [5.41, 5.74) is 4.03. The molecule has 0 aliphatic carbocycles. The molecule has 1 aliphatic rings. The number of esters is 1. The SMILES string of the molecule is C=C(NC(=O)C(=C)N1Cc2c(cccc2-c2cnc3cccnc3c2)C1=O)C(=O)OC. The molecule has 3 aromatic rings. The van der Waals surface area contributed by atoms with Crippen LogP contribution in [-0.2, 0) is 20.9 Å². The van der Waals surface area contributed by atoms with E-state index in [1.54, 1.807) is 24.5 Å². The minimum absolute atomic E-state index is 0.101. The zero-order valence-electron chi connectivity index (χ0n) is 16.7. The molecule has 0 fully saturated rings. The second-order valence-corrected chi connectivity index (χ2v) is 6.86. The summed E-state index contributed by atoms with van der Waals surface area (Å²) in [4.78, 5) is 46.9. The number of rotatable bonds is 5. The van der Waals surface area contributed by atoms with Gasteiger partial charge < -0.3 is 10.1 Å². The maximum atomic E-state index is 13.0. The van der Waals surface area contributed by atoms with Gasteiger partial charge in [0.1, 0.15) is 11.4 Å². The molecular weight excluding hydrogens is 396 g/mol. The number of carbonyl (C=O) groups is 3. The van der Waals surface area contributed by atoms with Crippen molar-refractivity contribution in [2.45, 2.75) is 6.54 Å². The van der Waals surface area contributed by atoms with Gasteiger partial charge >= 0.3 is 5.97 Å². The van der Waals surface area contributed by atoms with E-state index in [0.29, 0.717) is 5.56 Å². The van der Waals surface area contributed by atoms with E-state index in [1.807, 2.05) is 24.3 Å². The lowest BCUT2D eigenvalue weighted by atomic mass is 9.98. The van der Waals surface area contributed by atoms with E-state index >= 15 is 0 Å². The normalized spacial score (nSPS) is 12.4. The summed E-state index contributed by atoms with van der Waals surface area (Å²) in [5.74, 6) is -1.85. The fraction of sp³-hybridized carbons (Fsp3) is 0.0870. The molecule has 1 aliphatic heterocycles. The van der Waals surface area contributed by atoms with Crippen molar-refractivity contribution in [2.75, 3.05) is 7.11 Å². The van der Waals surface area contributed by atoms with Crippen LogP contribution in [0.2, 0.25) is 0 Å². The average molecular weight is 414 g/mol. The minimum Gasteiger partial charge on any atom is -0.464 e. The van der Waals surface area contributed by atoms with E-state index in [-0.39, 0.29) is 23.8 Å². The van der Waals surface area contributed by atoms with Crippen LogP contribution in [0.15, 0.2) is 73.3 Å². The van der Waals surface area contributed by atoms with Gasteiger partial charge in [0.15, 0.2) is 0 Å². The minimum atomic E-state index is -0.781. The first-order chi connectivity index (χ1) is 14.9. The highest BCUT2D eigenvalue weighted by Gasteiger charge is 2.33. The molecule has 0 bridgehead atoms. The molecule has 8 heteroatoms. The Hall–Kier alpha value is -4.33. The van der Waals surface area contributed by atoms with Crippen LogP contribution in [0, 0.1) is 0 Å². The van der Waals surface area contributed by atoms with Crippen molar-refractivity contribution in [3.63, 3.8) is 0 Å². The second-order valence-electron chi connectivity index (χ2n) is 6.86. The van der Waals surface area contributed by atoms with E-state index in [4.69, 9.17) is 0 Å². The number of aromatic nitrogens is 2. The number of pyridine rings is 2. The Morgan fingerprint density at radius 2 is 1.87 bits per heavy atom. The van der Waals surface area contributed by atoms with E-state index in [2.05, 4.69) is 33.2 Å². The second kappa shape index (κ2) is 7.83. The molecule has 1 N–H and O–H groups in total. The Kier molecular flexibility index (Phi) is 5.04. The molecule has 0 radical (unpaired) electrons. The number of nitrogens with one attached hydrogen (secondary N) is 1. The van der Waals surface area contributed by atoms with Crippen LogP contribution in [0.1, 0.15) is 15.9 Å². The largest absolute Gasteiger partial charge is 0.464 e. The van der Waals surface area contributed by atoms with Gasteiger partial charge in [-0.25, -0.2) is 4.79 Å². The highest BCUT2D eigenvalue weighted by molar-refractivity contribution is 6.08. The van der Waals surface area contributed by atoms with Crippen LogP contribution >= 0.6 is 0 Å². The van der Waals surface area contributed by atoms with Crippen molar-refractivity contribution < 1.29 is 19.1 Å². The number of hydrogen-bond acceptors (Lipinski definition) is 6. The number of benzene rings is 1. The van der Waals surface area contributed by atoms with Gasteiger partial charge in [0.05, 0.1) is 24.7 Å². The summed E-state index contributed by atoms with van der Waals surface area (Å²) < 4.78 is 4.51. The smallest absolute Gasteiger partial charge is 0.353 e. The molecule has 8 nitrogen and oxygen atoms in total. The third kappa shape index (κ3) is 3.55. The number of fused-ring (bicyclic) bond motifs is 2. The van der Waals surface area contributed by atoms with Crippen molar-refractivity contribution in [3.05, 3.63) is 84.5 Å². The summed E-state index contributed by atoms with van der Waals surface area (Å²) >= 11 is 0. The number of nitrogens with zero attached hydrogens (tertiary/aromatic N) is 3. The first kappa shape index (κ1) is 20.0. The zero-order valence-corrected chi connectivity index (χ0v) is 16.7. The fourth-order valence-corrected chi connectivity index (χ4v) is 3.43. The lowest BCUT2D eigenvalue weighted by Gasteiger charge is -2.18. The Morgan fingerprint density at radius 1 is 1.10 bits per heavy atom. The van der Waals surface area contributed by atoms with Gasteiger partial charge in [-0.2, -0.15) is 0 Å². The molecule has 2 amide bonds. The third-order valence-corrected chi connectivity index (χ3v) is 5.01. The molecule has 2 aromatic heterocycles. The van der Waals surface area contributed by atoms with E-state index in [1.165, 1.54) is 12.0 Å². The summed E-state index contributed by atoms with van der Waals surface area (Å²) in [7, 11) is 1.17. The average Bonchev–Trinajstić information content (AvgIpc) is 3.14. The van der Waals surface area contributed by atoms with Gasteiger partial charge in [0.25, 0.3) is 11.8 Å². The van der Waals surface area contributed by atoms with Gasteiger partial charge in [-0.1, -0.05) is 25.3 Å². The molecule has 0 unspecified atom stereocenters. The summed E-state index contributed by atoms with van der Waals surface area (Å²) in [5, 5.41) is 2.30. The lowest BCUT2D eigenvalue weighted by molar-refractivity contribution is -0.137. The van der Waals surface area contributed by atoms with E-state index in [0.717, 1.165) is 27.7 Å². The lowest BCUT2D eigenvalue weighted by Crippen LogP contribution is -2.36. The van der Waals surface area contributed by atoms with Crippen LogP contribution in [0.3, 0.4) is 0 Å². The predicted molar refractivity (Wildman–Crippen MR) is 113 cm³/mol. The number of hydrogen-bond donors (Lipinski definition) is 1. The molecule has 0 saturated heterocycles. The maximum Gasteiger partial charge on any atom is 0.353 e. The van der Waals surface area contributed by atoms with Crippen molar-refractivity contribution >= 4 is 28.8 Å². The van der Waals surface area contributed by atoms with Crippen LogP contribution in [0.4, 0.5) is 0 Å². The van der Waals surface area contributed by atoms with Gasteiger partial charge in [-0.3, -0.25) is 24.5 Å². The van der Waals surface area contributed by atoms with Crippen molar-refractivity contribution in [1.82, 2.24) is 20.2 Å². The first-order valence-corrected chi connectivity index (χ1v) is 9.33.